The molecule has 0 saturated carbocycles. The number of carbonyl (C=O) groups is 1. The van der Waals surface area contributed by atoms with Crippen LogP contribution in [0.4, 0.5) is 4.39 Å². The maximum absolute atomic E-state index is 14.3. The van der Waals surface area contributed by atoms with Crippen LogP contribution in [0.1, 0.15) is 41.0 Å². The van der Waals surface area contributed by atoms with Gasteiger partial charge in [0.2, 0.25) is 11.6 Å². The molecule has 1 aliphatic rings. The average Bonchev–Trinajstić information content (AvgIpc) is 3.30. The van der Waals surface area contributed by atoms with Gasteiger partial charge in [-0.15, -0.1) is 5.10 Å². The molecule has 0 radical (unpaired) electrons. The van der Waals surface area contributed by atoms with Crippen LogP contribution >= 0.6 is 0 Å². The second-order valence-corrected chi connectivity index (χ2v) is 6.76. The topological polar surface area (TPSA) is 98.4 Å². The predicted octanol–water partition coefficient (Wildman–Crippen LogP) is 1.53. The number of aryl methyl sites for hydroxylation is 3. The predicted molar refractivity (Wildman–Crippen MR) is 96.6 cm³/mol. The summed E-state index contributed by atoms with van der Waals surface area (Å²) < 4.78 is 21.5. The zero-order valence-electron chi connectivity index (χ0n) is 15.9. The largest absolute Gasteiger partial charge is 0.470 e. The first-order valence-corrected chi connectivity index (χ1v) is 9.12. The molecule has 1 aliphatic heterocycles. The van der Waals surface area contributed by atoms with E-state index in [1.54, 1.807) is 9.42 Å². The van der Waals surface area contributed by atoms with E-state index < -0.39 is 5.82 Å². The van der Waals surface area contributed by atoms with E-state index in [1.165, 1.54) is 6.33 Å². The molecule has 1 atom stereocenters. The number of fused-ring (bicyclic) bond motifs is 1. The molecular formula is C18H20FN7O2. The fourth-order valence-corrected chi connectivity index (χ4v) is 3.28. The normalized spacial score (nSPS) is 16.7. The highest BCUT2D eigenvalue weighted by atomic mass is 19.1. The lowest BCUT2D eigenvalue weighted by Gasteiger charge is -2.16. The van der Waals surface area contributed by atoms with Gasteiger partial charge in [-0.25, -0.2) is 14.5 Å². The summed E-state index contributed by atoms with van der Waals surface area (Å²) in [6.07, 6.45) is 1.96. The second-order valence-electron chi connectivity index (χ2n) is 6.76. The van der Waals surface area contributed by atoms with Crippen LogP contribution in [0.25, 0.3) is 5.78 Å². The van der Waals surface area contributed by atoms with Crippen molar-refractivity contribution in [1.82, 2.24) is 34.4 Å². The van der Waals surface area contributed by atoms with Crippen LogP contribution in [0, 0.1) is 19.7 Å². The van der Waals surface area contributed by atoms with Crippen molar-refractivity contribution in [3.05, 3.63) is 41.1 Å². The zero-order valence-corrected chi connectivity index (χ0v) is 15.9. The van der Waals surface area contributed by atoms with Gasteiger partial charge in [0.05, 0.1) is 12.2 Å². The summed E-state index contributed by atoms with van der Waals surface area (Å²) in [6, 6.07) is 1.87. The van der Waals surface area contributed by atoms with Crippen LogP contribution in [-0.4, -0.2) is 59.6 Å². The maximum Gasteiger partial charge on any atom is 0.293 e. The third-order valence-electron chi connectivity index (χ3n) is 4.68. The Morgan fingerprint density at radius 3 is 2.93 bits per heavy atom. The number of ether oxygens (including phenoxy) is 1. The number of amides is 1. The van der Waals surface area contributed by atoms with Gasteiger partial charge >= 0.3 is 0 Å². The summed E-state index contributed by atoms with van der Waals surface area (Å²) in [4.78, 5) is 30.7. The number of aromatic nitrogens is 6. The molecule has 0 spiro atoms. The smallest absolute Gasteiger partial charge is 0.293 e. The lowest BCUT2D eigenvalue weighted by molar-refractivity contribution is 0.0758. The second kappa shape index (κ2) is 7.10. The van der Waals surface area contributed by atoms with E-state index in [1.807, 2.05) is 26.8 Å². The highest BCUT2D eigenvalue weighted by Crippen LogP contribution is 2.21. The molecule has 28 heavy (non-hydrogen) atoms. The fraction of sp³-hybridized carbons (Fsp3) is 0.444. The van der Waals surface area contributed by atoms with Crippen molar-refractivity contribution in [2.45, 2.75) is 39.7 Å². The Morgan fingerprint density at radius 1 is 1.32 bits per heavy atom. The molecule has 3 aromatic rings. The summed E-state index contributed by atoms with van der Waals surface area (Å²) >= 11 is 0. The molecule has 4 heterocycles. The van der Waals surface area contributed by atoms with Crippen LogP contribution < -0.4 is 4.74 Å². The van der Waals surface area contributed by atoms with E-state index in [-0.39, 0.29) is 23.7 Å². The van der Waals surface area contributed by atoms with Crippen molar-refractivity contribution in [3.8, 4) is 5.88 Å². The van der Waals surface area contributed by atoms with Crippen LogP contribution in [0.15, 0.2) is 12.4 Å². The Hall–Kier alpha value is -3.17. The standard InChI is InChI=1S/C18H20FN7O2/c1-4-13-14(19)16(21-9-20-13)28-12-5-6-25(8-12)17(27)15-23-18-22-10(2)7-11(3)26(18)24-15/h7,9,12H,4-6,8H2,1-3H3/t12-/m0/s1. The summed E-state index contributed by atoms with van der Waals surface area (Å²) in [6.45, 7) is 6.33. The first-order valence-electron chi connectivity index (χ1n) is 9.12. The minimum Gasteiger partial charge on any atom is -0.470 e. The average molecular weight is 385 g/mol. The molecule has 0 N–H and O–H groups in total. The minimum atomic E-state index is -0.547. The Labute approximate surface area is 160 Å². The molecule has 146 valence electrons. The summed E-state index contributed by atoms with van der Waals surface area (Å²) in [7, 11) is 0. The number of hydrogen-bond acceptors (Lipinski definition) is 7. The number of carbonyl (C=O) groups excluding carboxylic acids is 1. The van der Waals surface area contributed by atoms with E-state index in [4.69, 9.17) is 4.74 Å². The van der Waals surface area contributed by atoms with Crippen LogP contribution in [0.5, 0.6) is 5.88 Å². The first kappa shape index (κ1) is 18.2. The molecule has 0 aliphatic carbocycles. The lowest BCUT2D eigenvalue weighted by atomic mass is 10.3. The third-order valence-corrected chi connectivity index (χ3v) is 4.68. The van der Waals surface area contributed by atoms with Gasteiger partial charge in [0.1, 0.15) is 12.4 Å². The monoisotopic (exact) mass is 385 g/mol. The number of rotatable bonds is 4. The molecule has 0 unspecified atom stereocenters. The quantitative estimate of drug-likeness (QED) is 0.671. The van der Waals surface area contributed by atoms with Crippen LogP contribution in [0.2, 0.25) is 0 Å². The molecule has 1 fully saturated rings. The van der Waals surface area contributed by atoms with E-state index in [0.29, 0.717) is 37.4 Å². The molecule has 0 aromatic carbocycles. The van der Waals surface area contributed by atoms with Crippen LogP contribution in [-0.2, 0) is 6.42 Å². The summed E-state index contributed by atoms with van der Waals surface area (Å²) in [5.41, 5.74) is 1.97. The van der Waals surface area contributed by atoms with Gasteiger partial charge in [-0.05, 0) is 26.3 Å². The van der Waals surface area contributed by atoms with E-state index in [2.05, 4.69) is 25.0 Å². The molecule has 0 bridgehead atoms. The fourth-order valence-electron chi connectivity index (χ4n) is 3.28. The van der Waals surface area contributed by atoms with E-state index >= 15 is 0 Å². The van der Waals surface area contributed by atoms with Crippen molar-refractivity contribution in [1.29, 1.82) is 0 Å². The molecule has 1 saturated heterocycles. The van der Waals surface area contributed by atoms with Gasteiger partial charge in [-0.1, -0.05) is 6.92 Å². The van der Waals surface area contributed by atoms with Gasteiger partial charge in [-0.2, -0.15) is 14.4 Å². The van der Waals surface area contributed by atoms with Crippen molar-refractivity contribution in [3.63, 3.8) is 0 Å². The minimum absolute atomic E-state index is 0.0766. The van der Waals surface area contributed by atoms with Gasteiger partial charge < -0.3 is 9.64 Å². The molecule has 9 nitrogen and oxygen atoms in total. The number of likely N-dealkylation sites (tertiary alicyclic amines) is 1. The lowest BCUT2D eigenvalue weighted by Crippen LogP contribution is -2.32. The highest BCUT2D eigenvalue weighted by molar-refractivity contribution is 5.91. The third kappa shape index (κ3) is 3.25. The van der Waals surface area contributed by atoms with Gasteiger partial charge in [0, 0.05) is 24.4 Å². The molecule has 10 heteroatoms. The van der Waals surface area contributed by atoms with E-state index in [0.717, 1.165) is 11.4 Å². The van der Waals surface area contributed by atoms with Crippen molar-refractivity contribution >= 4 is 11.7 Å². The van der Waals surface area contributed by atoms with Gasteiger partial charge in [0.25, 0.3) is 17.6 Å². The molecular weight excluding hydrogens is 365 g/mol. The Kier molecular flexibility index (Phi) is 4.62. The number of halogens is 1. The number of hydrogen-bond donors (Lipinski definition) is 0. The summed E-state index contributed by atoms with van der Waals surface area (Å²) in [5.74, 6) is -0.446. The van der Waals surface area contributed by atoms with Crippen molar-refractivity contribution in [2.24, 2.45) is 0 Å². The zero-order chi connectivity index (χ0) is 19.8. The Bertz CT molecular complexity index is 1050. The molecule has 4 rings (SSSR count). The van der Waals surface area contributed by atoms with Gasteiger partial charge in [-0.3, -0.25) is 4.79 Å². The SMILES string of the molecule is CCc1ncnc(O[C@H]2CCN(C(=O)c3nc4nc(C)cc(C)n4n3)C2)c1F. The van der Waals surface area contributed by atoms with Crippen molar-refractivity contribution < 1.29 is 13.9 Å². The molecule has 1 amide bonds. The Balaban J connectivity index is 1.48. The van der Waals surface area contributed by atoms with Crippen molar-refractivity contribution in [2.75, 3.05) is 13.1 Å². The van der Waals surface area contributed by atoms with Crippen LogP contribution in [0.3, 0.4) is 0 Å². The summed E-state index contributed by atoms with van der Waals surface area (Å²) in [5, 5.41) is 4.27. The highest BCUT2D eigenvalue weighted by Gasteiger charge is 2.31. The maximum atomic E-state index is 14.3. The van der Waals surface area contributed by atoms with E-state index in [9.17, 15) is 9.18 Å². The molecule has 3 aromatic heterocycles. The first-order chi connectivity index (χ1) is 13.5. The van der Waals surface area contributed by atoms with Gasteiger partial charge in [0.15, 0.2) is 0 Å². The number of nitrogens with zero attached hydrogens (tertiary/aromatic N) is 7. The Morgan fingerprint density at radius 2 is 2.14 bits per heavy atom.